The van der Waals surface area contributed by atoms with Crippen LogP contribution in [0.5, 0.6) is 0 Å². The molecule has 2 atom stereocenters. The quantitative estimate of drug-likeness (QED) is 0.262. The van der Waals surface area contributed by atoms with E-state index in [1.807, 2.05) is 6.08 Å². The van der Waals surface area contributed by atoms with Gasteiger partial charge in [-0.05, 0) is 43.2 Å². The van der Waals surface area contributed by atoms with Gasteiger partial charge in [0, 0.05) is 12.8 Å². The normalized spacial score (nSPS) is 17.5. The molecule has 0 fully saturated rings. The molecule has 2 nitrogen and oxygen atoms in total. The Kier molecular flexibility index (Phi) is 8.01. The maximum absolute atomic E-state index is 6.70. The number of hydrogen-bond donors (Lipinski definition) is 0. The van der Waals surface area contributed by atoms with Crippen molar-refractivity contribution in [3.05, 3.63) is 12.7 Å². The van der Waals surface area contributed by atoms with E-state index in [1.54, 1.807) is 0 Å². The zero-order valence-corrected chi connectivity index (χ0v) is 20.7. The highest BCUT2D eigenvalue weighted by Gasteiger charge is 2.44. The smallest absolute Gasteiger partial charge is 0.193 e. The topological polar surface area (TPSA) is 18.5 Å². The van der Waals surface area contributed by atoms with Gasteiger partial charge in [0.1, 0.15) is 0 Å². The zero-order valence-electron chi connectivity index (χ0n) is 18.7. The minimum Gasteiger partial charge on any atom is -0.413 e. The van der Waals surface area contributed by atoms with E-state index in [2.05, 4.69) is 87.2 Å². The first kappa shape index (κ1) is 24.7. The maximum Gasteiger partial charge on any atom is 0.193 e. The fourth-order valence-corrected chi connectivity index (χ4v) is 5.23. The molecule has 0 radical (unpaired) electrons. The second-order valence-electron chi connectivity index (χ2n) is 10.5. The van der Waals surface area contributed by atoms with Crippen molar-refractivity contribution in [1.82, 2.24) is 0 Å². The second kappa shape index (κ2) is 8.12. The Morgan fingerprint density at radius 1 is 0.960 bits per heavy atom. The van der Waals surface area contributed by atoms with Crippen LogP contribution in [0.4, 0.5) is 0 Å². The second-order valence-corrected chi connectivity index (χ2v) is 20.0. The zero-order chi connectivity index (χ0) is 20.3. The van der Waals surface area contributed by atoms with Crippen molar-refractivity contribution in [2.24, 2.45) is 0 Å². The highest BCUT2D eigenvalue weighted by molar-refractivity contribution is 6.74. The first-order chi connectivity index (χ1) is 10.9. The Morgan fingerprint density at radius 2 is 1.40 bits per heavy atom. The Morgan fingerprint density at radius 3 is 1.72 bits per heavy atom. The van der Waals surface area contributed by atoms with Crippen LogP contribution in [0.1, 0.15) is 61.3 Å². The molecule has 0 aliphatic rings. The molecule has 0 aliphatic carbocycles. The van der Waals surface area contributed by atoms with Gasteiger partial charge in [-0.3, -0.25) is 0 Å². The standard InChI is InChI=1S/C21H42O2Si2/c1-14-16-18(22-24(10,11)19(3,4)5)17-21(9,15-2)23-25(12,13)20(6,7)8/h1,15,18H,2,16-17H2,3-13H3/t18?,21-/m0/s1. The van der Waals surface area contributed by atoms with Crippen LogP contribution in [-0.4, -0.2) is 28.3 Å². The summed E-state index contributed by atoms with van der Waals surface area (Å²) in [5.41, 5.74) is -0.424. The Hall–Kier alpha value is -0.346. The van der Waals surface area contributed by atoms with Crippen molar-refractivity contribution in [1.29, 1.82) is 0 Å². The van der Waals surface area contributed by atoms with E-state index in [0.29, 0.717) is 6.42 Å². The molecule has 0 amide bonds. The third-order valence-corrected chi connectivity index (χ3v) is 15.1. The summed E-state index contributed by atoms with van der Waals surface area (Å²) < 4.78 is 13.3. The van der Waals surface area contributed by atoms with Crippen LogP contribution in [0, 0.1) is 12.3 Å². The average Bonchev–Trinajstić information content (AvgIpc) is 2.34. The molecule has 1 unspecified atom stereocenters. The van der Waals surface area contributed by atoms with Gasteiger partial charge in [-0.25, -0.2) is 0 Å². The highest BCUT2D eigenvalue weighted by Crippen LogP contribution is 2.42. The van der Waals surface area contributed by atoms with Gasteiger partial charge >= 0.3 is 0 Å². The predicted molar refractivity (Wildman–Crippen MR) is 117 cm³/mol. The lowest BCUT2D eigenvalue weighted by molar-refractivity contribution is 0.0554. The van der Waals surface area contributed by atoms with Crippen molar-refractivity contribution in [2.45, 2.75) is 109 Å². The summed E-state index contributed by atoms with van der Waals surface area (Å²) in [6.07, 6.45) is 8.93. The molecule has 0 saturated carbocycles. The van der Waals surface area contributed by atoms with Crippen LogP contribution in [0.15, 0.2) is 12.7 Å². The third kappa shape index (κ3) is 7.05. The summed E-state index contributed by atoms with van der Waals surface area (Å²) in [7, 11) is -3.80. The van der Waals surface area contributed by atoms with E-state index in [1.165, 1.54) is 0 Å². The summed E-state index contributed by atoms with van der Waals surface area (Å²) in [5, 5.41) is 0.309. The molecule has 0 bridgehead atoms. The van der Waals surface area contributed by atoms with Crippen molar-refractivity contribution < 1.29 is 8.85 Å². The summed E-state index contributed by atoms with van der Waals surface area (Å²) in [5.74, 6) is 2.80. The third-order valence-electron chi connectivity index (χ3n) is 5.97. The van der Waals surface area contributed by atoms with Gasteiger partial charge in [0.05, 0.1) is 11.7 Å². The molecule has 146 valence electrons. The van der Waals surface area contributed by atoms with Crippen LogP contribution < -0.4 is 0 Å². The van der Waals surface area contributed by atoms with Crippen LogP contribution in [0.2, 0.25) is 36.3 Å². The van der Waals surface area contributed by atoms with Crippen molar-refractivity contribution in [2.75, 3.05) is 0 Å². The van der Waals surface area contributed by atoms with E-state index in [-0.39, 0.29) is 16.2 Å². The molecule has 0 saturated heterocycles. The van der Waals surface area contributed by atoms with Gasteiger partial charge in [-0.15, -0.1) is 18.9 Å². The van der Waals surface area contributed by atoms with Crippen molar-refractivity contribution in [3.8, 4) is 12.3 Å². The number of hydrogen-bond acceptors (Lipinski definition) is 2. The highest BCUT2D eigenvalue weighted by atomic mass is 28.4. The first-order valence-corrected chi connectivity index (χ1v) is 15.2. The Labute approximate surface area is 160 Å². The molecule has 0 aromatic heterocycles. The van der Waals surface area contributed by atoms with E-state index < -0.39 is 22.2 Å². The SMILES string of the molecule is C#CCC(C[C@](C)(C=C)O[Si](C)(C)C(C)(C)C)O[Si](C)(C)C(C)(C)C. The summed E-state index contributed by atoms with van der Waals surface area (Å²) >= 11 is 0. The molecule has 0 heterocycles. The molecule has 0 N–H and O–H groups in total. The lowest BCUT2D eigenvalue weighted by Gasteiger charge is -2.45. The molecular formula is C21H42O2Si2. The summed E-state index contributed by atoms with van der Waals surface area (Å²) in [4.78, 5) is 0. The summed E-state index contributed by atoms with van der Waals surface area (Å²) in [6, 6.07) is 0. The van der Waals surface area contributed by atoms with Crippen LogP contribution >= 0.6 is 0 Å². The lowest BCUT2D eigenvalue weighted by atomic mass is 9.97. The Balaban J connectivity index is 5.46. The van der Waals surface area contributed by atoms with Gasteiger partial charge in [0.15, 0.2) is 16.6 Å². The fraction of sp³-hybridized carbons (Fsp3) is 0.810. The largest absolute Gasteiger partial charge is 0.413 e. The van der Waals surface area contributed by atoms with Gasteiger partial charge in [-0.1, -0.05) is 47.6 Å². The molecule has 0 aromatic rings. The summed E-state index contributed by atoms with van der Waals surface area (Å²) in [6.45, 7) is 28.8. The maximum atomic E-state index is 6.70. The van der Waals surface area contributed by atoms with Gasteiger partial charge in [-0.2, -0.15) is 0 Å². The predicted octanol–water partition coefficient (Wildman–Crippen LogP) is 6.76. The van der Waals surface area contributed by atoms with Gasteiger partial charge < -0.3 is 8.85 Å². The van der Waals surface area contributed by atoms with Crippen molar-refractivity contribution >= 4 is 16.6 Å². The minimum absolute atomic E-state index is 0.00124. The van der Waals surface area contributed by atoms with E-state index in [9.17, 15) is 0 Å². The lowest BCUT2D eigenvalue weighted by Crippen LogP contribution is -2.50. The van der Waals surface area contributed by atoms with E-state index >= 15 is 0 Å². The van der Waals surface area contributed by atoms with E-state index in [4.69, 9.17) is 15.3 Å². The molecule has 0 rings (SSSR count). The minimum atomic E-state index is -1.91. The fourth-order valence-electron chi connectivity index (χ4n) is 2.24. The molecule has 0 spiro atoms. The molecule has 4 heteroatoms. The van der Waals surface area contributed by atoms with Crippen LogP contribution in [-0.2, 0) is 8.85 Å². The van der Waals surface area contributed by atoms with Crippen LogP contribution in [0.25, 0.3) is 0 Å². The monoisotopic (exact) mass is 382 g/mol. The number of rotatable bonds is 8. The molecule has 0 aliphatic heterocycles. The Bertz CT molecular complexity index is 489. The van der Waals surface area contributed by atoms with Crippen LogP contribution in [0.3, 0.4) is 0 Å². The number of terminal acetylenes is 1. The van der Waals surface area contributed by atoms with E-state index in [0.717, 1.165) is 6.42 Å². The van der Waals surface area contributed by atoms with Gasteiger partial charge in [0.2, 0.25) is 0 Å². The first-order valence-electron chi connectivity index (χ1n) is 9.36. The van der Waals surface area contributed by atoms with Gasteiger partial charge in [0.25, 0.3) is 0 Å². The molecule has 25 heavy (non-hydrogen) atoms. The average molecular weight is 383 g/mol. The molecule has 0 aromatic carbocycles. The van der Waals surface area contributed by atoms with Crippen molar-refractivity contribution in [3.63, 3.8) is 0 Å². The molecular weight excluding hydrogens is 340 g/mol.